The molecular formula is C21H14Cl3N3O3S. The van der Waals surface area contributed by atoms with Gasteiger partial charge in [0.1, 0.15) is 10.6 Å². The van der Waals surface area contributed by atoms with E-state index in [1.54, 1.807) is 36.7 Å². The highest BCUT2D eigenvalue weighted by Gasteiger charge is 2.30. The van der Waals surface area contributed by atoms with Crippen LogP contribution in [0.2, 0.25) is 15.1 Å². The molecule has 2 N–H and O–H groups in total. The second-order valence-electron chi connectivity index (χ2n) is 6.67. The van der Waals surface area contributed by atoms with Gasteiger partial charge in [0.05, 0.1) is 4.90 Å². The summed E-state index contributed by atoms with van der Waals surface area (Å²) in [5.74, 6) is -0.587. The number of amides is 1. The summed E-state index contributed by atoms with van der Waals surface area (Å²) < 4.78 is 27.1. The van der Waals surface area contributed by atoms with Crippen LogP contribution in [0.5, 0.6) is 0 Å². The molecule has 31 heavy (non-hydrogen) atoms. The van der Waals surface area contributed by atoms with Gasteiger partial charge in [-0.05, 0) is 54.1 Å². The van der Waals surface area contributed by atoms with Gasteiger partial charge in [-0.2, -0.15) is 0 Å². The largest absolute Gasteiger partial charge is 0.349 e. The van der Waals surface area contributed by atoms with E-state index in [2.05, 4.69) is 15.3 Å². The number of sulfone groups is 1. The summed E-state index contributed by atoms with van der Waals surface area (Å²) in [7, 11) is -4.17. The van der Waals surface area contributed by atoms with Crippen LogP contribution in [0.25, 0.3) is 10.9 Å². The van der Waals surface area contributed by atoms with Gasteiger partial charge in [-0.1, -0.05) is 34.8 Å². The van der Waals surface area contributed by atoms with Gasteiger partial charge in [-0.25, -0.2) is 8.42 Å². The standard InChI is InChI=1S/C21H14Cl3N3O3S/c22-13-1-2-18-17(10-13)20(31(29,30)16-8-14(23)7-15(24)9-16)19(27-18)21(28)26-11-12-3-5-25-6-4-12/h1-10,27H,11H2,(H,26,28). The molecule has 0 unspecified atom stereocenters. The van der Waals surface area contributed by atoms with Gasteiger partial charge in [-0.15, -0.1) is 0 Å². The fourth-order valence-electron chi connectivity index (χ4n) is 3.15. The topological polar surface area (TPSA) is 91.9 Å². The number of aromatic amines is 1. The summed E-state index contributed by atoms with van der Waals surface area (Å²) in [6.07, 6.45) is 3.20. The number of pyridine rings is 1. The number of fused-ring (bicyclic) bond motifs is 1. The number of carbonyl (C=O) groups excluding carboxylic acids is 1. The van der Waals surface area contributed by atoms with Gasteiger partial charge >= 0.3 is 0 Å². The highest BCUT2D eigenvalue weighted by Crippen LogP contribution is 2.35. The first-order chi connectivity index (χ1) is 14.8. The maximum atomic E-state index is 13.6. The van der Waals surface area contributed by atoms with Crippen molar-refractivity contribution in [3.63, 3.8) is 0 Å². The van der Waals surface area contributed by atoms with E-state index >= 15 is 0 Å². The van der Waals surface area contributed by atoms with E-state index in [1.165, 1.54) is 24.3 Å². The molecule has 4 rings (SSSR count). The summed E-state index contributed by atoms with van der Waals surface area (Å²) in [5.41, 5.74) is 1.15. The minimum atomic E-state index is -4.17. The normalized spacial score (nSPS) is 11.6. The Kier molecular flexibility index (Phi) is 5.94. The van der Waals surface area contributed by atoms with Crippen LogP contribution in [0, 0.1) is 0 Å². The third-order valence-corrected chi connectivity index (χ3v) is 7.05. The Morgan fingerprint density at radius 1 is 0.935 bits per heavy atom. The number of hydrogen-bond acceptors (Lipinski definition) is 4. The van der Waals surface area contributed by atoms with Gasteiger partial charge < -0.3 is 10.3 Å². The number of hydrogen-bond donors (Lipinski definition) is 2. The number of nitrogens with one attached hydrogen (secondary N) is 2. The average molecular weight is 495 g/mol. The lowest BCUT2D eigenvalue weighted by Gasteiger charge is -2.09. The monoisotopic (exact) mass is 493 g/mol. The molecular weight excluding hydrogens is 481 g/mol. The number of rotatable bonds is 5. The van der Waals surface area contributed by atoms with E-state index < -0.39 is 15.7 Å². The quantitative estimate of drug-likeness (QED) is 0.394. The first-order valence-corrected chi connectivity index (χ1v) is 11.6. The maximum Gasteiger partial charge on any atom is 0.269 e. The zero-order valence-electron chi connectivity index (χ0n) is 15.7. The summed E-state index contributed by atoms with van der Waals surface area (Å²) in [5, 5.41) is 3.67. The lowest BCUT2D eigenvalue weighted by molar-refractivity contribution is 0.0943. The van der Waals surface area contributed by atoms with E-state index in [0.717, 1.165) is 5.56 Å². The maximum absolute atomic E-state index is 13.6. The first kappa shape index (κ1) is 21.6. The molecule has 6 nitrogen and oxygen atoms in total. The molecule has 0 bridgehead atoms. The number of halogens is 3. The fraction of sp³-hybridized carbons (Fsp3) is 0.0476. The predicted octanol–water partition coefficient (Wildman–Crippen LogP) is 5.29. The summed E-state index contributed by atoms with van der Waals surface area (Å²) in [6, 6.07) is 12.2. The molecule has 2 aromatic heterocycles. The molecule has 0 saturated carbocycles. The van der Waals surface area contributed by atoms with E-state index in [0.29, 0.717) is 10.5 Å². The predicted molar refractivity (Wildman–Crippen MR) is 121 cm³/mol. The van der Waals surface area contributed by atoms with Gasteiger partial charge in [0, 0.05) is 44.9 Å². The van der Waals surface area contributed by atoms with Crippen molar-refractivity contribution in [1.29, 1.82) is 0 Å². The Bertz CT molecular complexity index is 1380. The number of H-pyrrole nitrogens is 1. The van der Waals surface area contributed by atoms with Crippen LogP contribution in [0.4, 0.5) is 0 Å². The van der Waals surface area contributed by atoms with E-state index in [1.807, 2.05) is 0 Å². The van der Waals surface area contributed by atoms with Gasteiger partial charge in [0.15, 0.2) is 0 Å². The highest BCUT2D eigenvalue weighted by atomic mass is 35.5. The van der Waals surface area contributed by atoms with E-state index in [4.69, 9.17) is 34.8 Å². The molecule has 2 aromatic carbocycles. The van der Waals surface area contributed by atoms with Crippen molar-refractivity contribution < 1.29 is 13.2 Å². The van der Waals surface area contributed by atoms with Crippen molar-refractivity contribution >= 4 is 61.5 Å². The molecule has 2 heterocycles. The Labute approximate surface area is 193 Å². The van der Waals surface area contributed by atoms with Gasteiger partial charge in [0.2, 0.25) is 9.84 Å². The number of carbonyl (C=O) groups is 1. The van der Waals surface area contributed by atoms with Crippen molar-refractivity contribution in [3.05, 3.63) is 87.2 Å². The van der Waals surface area contributed by atoms with Gasteiger partial charge in [0.25, 0.3) is 5.91 Å². The smallest absolute Gasteiger partial charge is 0.269 e. The van der Waals surface area contributed by atoms with Crippen molar-refractivity contribution in [1.82, 2.24) is 15.3 Å². The number of benzene rings is 2. The zero-order chi connectivity index (χ0) is 22.2. The summed E-state index contributed by atoms with van der Waals surface area (Å²) in [4.78, 5) is 19.5. The molecule has 4 aromatic rings. The Morgan fingerprint density at radius 3 is 2.29 bits per heavy atom. The molecule has 10 heteroatoms. The molecule has 0 aliphatic carbocycles. The van der Waals surface area contributed by atoms with Crippen molar-refractivity contribution in [2.75, 3.05) is 0 Å². The fourth-order valence-corrected chi connectivity index (χ4v) is 5.65. The molecule has 0 atom stereocenters. The SMILES string of the molecule is O=C(NCc1ccncc1)c1[nH]c2ccc(Cl)cc2c1S(=O)(=O)c1cc(Cl)cc(Cl)c1. The van der Waals surface area contributed by atoms with Crippen molar-refractivity contribution in [3.8, 4) is 0 Å². The van der Waals surface area contributed by atoms with Crippen LogP contribution in [-0.2, 0) is 16.4 Å². The third kappa shape index (κ3) is 4.41. The molecule has 0 radical (unpaired) electrons. The Morgan fingerprint density at radius 2 is 1.61 bits per heavy atom. The minimum Gasteiger partial charge on any atom is -0.349 e. The van der Waals surface area contributed by atoms with Crippen LogP contribution >= 0.6 is 34.8 Å². The Balaban J connectivity index is 1.85. The summed E-state index contributed by atoms with van der Waals surface area (Å²) >= 11 is 18.1. The third-order valence-electron chi connectivity index (χ3n) is 4.56. The summed E-state index contributed by atoms with van der Waals surface area (Å²) in [6.45, 7) is 0.194. The molecule has 158 valence electrons. The molecule has 0 aliphatic heterocycles. The Hall–Kier alpha value is -2.58. The average Bonchev–Trinajstić information content (AvgIpc) is 3.11. The van der Waals surface area contributed by atoms with Crippen LogP contribution in [0.1, 0.15) is 16.1 Å². The second kappa shape index (κ2) is 8.51. The first-order valence-electron chi connectivity index (χ1n) is 8.95. The molecule has 0 fully saturated rings. The van der Waals surface area contributed by atoms with Crippen molar-refractivity contribution in [2.45, 2.75) is 16.3 Å². The van der Waals surface area contributed by atoms with Crippen LogP contribution in [0.3, 0.4) is 0 Å². The molecule has 1 amide bonds. The van der Waals surface area contributed by atoms with E-state index in [9.17, 15) is 13.2 Å². The van der Waals surface area contributed by atoms with Crippen LogP contribution < -0.4 is 5.32 Å². The number of nitrogens with zero attached hydrogens (tertiary/aromatic N) is 1. The lowest BCUT2D eigenvalue weighted by Crippen LogP contribution is -2.25. The van der Waals surface area contributed by atoms with Crippen molar-refractivity contribution in [2.24, 2.45) is 0 Å². The van der Waals surface area contributed by atoms with Crippen LogP contribution in [0.15, 0.2) is 70.7 Å². The van der Waals surface area contributed by atoms with Gasteiger partial charge in [-0.3, -0.25) is 9.78 Å². The minimum absolute atomic E-state index is 0.109. The zero-order valence-corrected chi connectivity index (χ0v) is 18.8. The number of aromatic nitrogens is 2. The van der Waals surface area contributed by atoms with E-state index in [-0.39, 0.29) is 37.5 Å². The lowest BCUT2D eigenvalue weighted by atomic mass is 10.2. The second-order valence-corrected chi connectivity index (χ2v) is 9.86. The molecule has 0 aliphatic rings. The highest BCUT2D eigenvalue weighted by molar-refractivity contribution is 7.91. The molecule has 0 saturated heterocycles. The molecule has 0 spiro atoms. The van der Waals surface area contributed by atoms with Crippen LogP contribution in [-0.4, -0.2) is 24.3 Å².